The molecule has 0 heterocycles. The summed E-state index contributed by atoms with van der Waals surface area (Å²) in [6.07, 6.45) is 1.13. The Bertz CT molecular complexity index is 511. The van der Waals surface area contributed by atoms with E-state index in [-0.39, 0.29) is 15.7 Å². The molecular weight excluding hydrogens is 252 g/mol. The Labute approximate surface area is 99.0 Å². The quantitative estimate of drug-likeness (QED) is 0.659. The van der Waals surface area contributed by atoms with Gasteiger partial charge in [-0.05, 0) is 18.2 Å². The number of sulfonamides is 1. The minimum absolute atomic E-state index is 0.219. The Hall–Kier alpha value is -1.27. The molecule has 0 radical (unpaired) electrons. The first-order valence-electron chi connectivity index (χ1n) is 4.28. The van der Waals surface area contributed by atoms with Gasteiger partial charge in [-0.1, -0.05) is 11.6 Å². The van der Waals surface area contributed by atoms with Crippen molar-refractivity contribution >= 4 is 28.0 Å². The molecule has 5 nitrogen and oxygen atoms in total. The fourth-order valence-electron chi connectivity index (χ4n) is 0.908. The summed E-state index contributed by atoms with van der Waals surface area (Å²) in [5.41, 5.74) is 0. The average molecular weight is 263 g/mol. The first kappa shape index (κ1) is 12.8. The molecular formula is C9H11ClN2O3S. The van der Waals surface area contributed by atoms with Crippen molar-refractivity contribution in [3.8, 4) is 5.75 Å². The molecule has 0 atom stereocenters. The standard InChI is InChI=1S/C9H11ClN2O3S/c1-12(2)6-11-16(14,15)9-5-7(10)3-4-8(9)13/h3-6,13H,1-2H3. The first-order chi connectivity index (χ1) is 7.33. The molecule has 0 unspecified atom stereocenters. The summed E-state index contributed by atoms with van der Waals surface area (Å²) in [4.78, 5) is 1.16. The number of benzene rings is 1. The fourth-order valence-corrected chi connectivity index (χ4v) is 2.18. The number of phenols is 1. The SMILES string of the molecule is CN(C)C=NS(=O)(=O)c1cc(Cl)ccc1O. The average Bonchev–Trinajstić information content (AvgIpc) is 2.19. The maximum Gasteiger partial charge on any atom is 0.287 e. The van der Waals surface area contributed by atoms with E-state index in [0.29, 0.717) is 0 Å². The van der Waals surface area contributed by atoms with Crippen molar-refractivity contribution in [2.45, 2.75) is 4.90 Å². The van der Waals surface area contributed by atoms with Crippen molar-refractivity contribution in [1.29, 1.82) is 0 Å². The van der Waals surface area contributed by atoms with Crippen molar-refractivity contribution in [3.05, 3.63) is 23.2 Å². The minimum Gasteiger partial charge on any atom is -0.507 e. The van der Waals surface area contributed by atoms with Crippen molar-refractivity contribution in [2.75, 3.05) is 14.1 Å². The third kappa shape index (κ3) is 3.11. The molecule has 0 bridgehead atoms. The molecule has 0 aliphatic heterocycles. The Balaban J connectivity index is 3.22. The van der Waals surface area contributed by atoms with Gasteiger partial charge in [-0.25, -0.2) is 0 Å². The van der Waals surface area contributed by atoms with Crippen LogP contribution in [0.1, 0.15) is 0 Å². The lowest BCUT2D eigenvalue weighted by Crippen LogP contribution is -2.10. The molecule has 1 aromatic carbocycles. The van der Waals surface area contributed by atoms with E-state index in [1.165, 1.54) is 17.0 Å². The monoisotopic (exact) mass is 262 g/mol. The zero-order valence-corrected chi connectivity index (χ0v) is 10.3. The van der Waals surface area contributed by atoms with Crippen LogP contribution in [0.2, 0.25) is 5.02 Å². The third-order valence-corrected chi connectivity index (χ3v) is 3.11. The fraction of sp³-hybridized carbons (Fsp3) is 0.222. The Morgan fingerprint density at radius 1 is 1.44 bits per heavy atom. The zero-order chi connectivity index (χ0) is 12.3. The Morgan fingerprint density at radius 3 is 2.62 bits per heavy atom. The highest BCUT2D eigenvalue weighted by atomic mass is 35.5. The molecule has 0 aromatic heterocycles. The molecule has 0 saturated carbocycles. The van der Waals surface area contributed by atoms with Crippen LogP contribution in [0, 0.1) is 0 Å². The van der Waals surface area contributed by atoms with Crippen LogP contribution in [0.25, 0.3) is 0 Å². The van der Waals surface area contributed by atoms with Crippen molar-refractivity contribution in [3.63, 3.8) is 0 Å². The second kappa shape index (κ2) is 4.71. The van der Waals surface area contributed by atoms with E-state index >= 15 is 0 Å². The summed E-state index contributed by atoms with van der Waals surface area (Å²) >= 11 is 5.65. The lowest BCUT2D eigenvalue weighted by atomic mass is 10.3. The molecule has 16 heavy (non-hydrogen) atoms. The van der Waals surface area contributed by atoms with Crippen LogP contribution in [0.3, 0.4) is 0 Å². The van der Waals surface area contributed by atoms with Crippen LogP contribution in [0.4, 0.5) is 0 Å². The summed E-state index contributed by atoms with van der Waals surface area (Å²) in [5, 5.41) is 9.63. The number of halogens is 1. The van der Waals surface area contributed by atoms with Crippen LogP contribution >= 0.6 is 11.6 Å². The number of rotatable bonds is 3. The van der Waals surface area contributed by atoms with Gasteiger partial charge in [0.25, 0.3) is 10.0 Å². The van der Waals surface area contributed by atoms with E-state index < -0.39 is 10.0 Å². The van der Waals surface area contributed by atoms with Gasteiger partial charge in [0.1, 0.15) is 17.0 Å². The van der Waals surface area contributed by atoms with Crippen LogP contribution in [-0.4, -0.2) is 38.9 Å². The maximum atomic E-state index is 11.7. The molecule has 1 N–H and O–H groups in total. The van der Waals surface area contributed by atoms with Crippen molar-refractivity contribution in [1.82, 2.24) is 4.90 Å². The van der Waals surface area contributed by atoms with E-state index in [1.54, 1.807) is 14.1 Å². The number of phenolic OH excluding ortho intramolecular Hbond substituents is 1. The Kier molecular flexibility index (Phi) is 3.77. The molecule has 0 spiro atoms. The lowest BCUT2D eigenvalue weighted by molar-refractivity contribution is 0.459. The number of aromatic hydroxyl groups is 1. The summed E-state index contributed by atoms with van der Waals surface area (Å²) < 4.78 is 26.7. The molecule has 1 aromatic rings. The molecule has 7 heteroatoms. The van der Waals surface area contributed by atoms with Gasteiger partial charge >= 0.3 is 0 Å². The molecule has 0 aliphatic rings. The number of hydrogen-bond donors (Lipinski definition) is 1. The second-order valence-corrected chi connectivity index (χ2v) is 5.31. The summed E-state index contributed by atoms with van der Waals surface area (Å²) in [6, 6.07) is 3.76. The van der Waals surface area contributed by atoms with E-state index in [2.05, 4.69) is 4.40 Å². The largest absolute Gasteiger partial charge is 0.507 e. The minimum atomic E-state index is -3.92. The van der Waals surface area contributed by atoms with Gasteiger partial charge in [0, 0.05) is 19.1 Å². The van der Waals surface area contributed by atoms with Gasteiger partial charge < -0.3 is 10.0 Å². The lowest BCUT2D eigenvalue weighted by Gasteiger charge is -2.05. The van der Waals surface area contributed by atoms with Crippen LogP contribution < -0.4 is 0 Å². The predicted molar refractivity (Wildman–Crippen MR) is 62.5 cm³/mol. The summed E-state index contributed by atoms with van der Waals surface area (Å²) in [7, 11) is -0.644. The molecule has 0 saturated heterocycles. The topological polar surface area (TPSA) is 70.0 Å². The van der Waals surface area contributed by atoms with Crippen molar-refractivity contribution in [2.24, 2.45) is 4.40 Å². The van der Waals surface area contributed by atoms with Gasteiger partial charge in [0.05, 0.1) is 0 Å². The highest BCUT2D eigenvalue weighted by Crippen LogP contribution is 2.27. The van der Waals surface area contributed by atoms with E-state index in [4.69, 9.17) is 11.6 Å². The normalized spacial score (nSPS) is 11.9. The van der Waals surface area contributed by atoms with Gasteiger partial charge in [0.2, 0.25) is 0 Å². The predicted octanol–water partition coefficient (Wildman–Crippen LogP) is 1.32. The maximum absolute atomic E-state index is 11.7. The van der Waals surface area contributed by atoms with Crippen LogP contribution in [-0.2, 0) is 10.0 Å². The van der Waals surface area contributed by atoms with Gasteiger partial charge in [-0.3, -0.25) is 0 Å². The van der Waals surface area contributed by atoms with Gasteiger partial charge in [0.15, 0.2) is 0 Å². The van der Waals surface area contributed by atoms with Crippen LogP contribution in [0.15, 0.2) is 27.5 Å². The van der Waals surface area contributed by atoms with Gasteiger partial charge in [-0.15, -0.1) is 4.40 Å². The van der Waals surface area contributed by atoms with Crippen LogP contribution in [0.5, 0.6) is 5.75 Å². The molecule has 0 amide bonds. The highest BCUT2D eigenvalue weighted by molar-refractivity contribution is 7.90. The van der Waals surface area contributed by atoms with E-state index in [9.17, 15) is 13.5 Å². The van der Waals surface area contributed by atoms with Gasteiger partial charge in [-0.2, -0.15) is 8.42 Å². The second-order valence-electron chi connectivity index (χ2n) is 3.27. The molecule has 0 aliphatic carbocycles. The first-order valence-corrected chi connectivity index (χ1v) is 6.10. The Morgan fingerprint density at radius 2 is 2.06 bits per heavy atom. The molecule has 0 fully saturated rings. The third-order valence-electron chi connectivity index (χ3n) is 1.62. The molecule has 88 valence electrons. The van der Waals surface area contributed by atoms with E-state index in [1.807, 2.05) is 0 Å². The van der Waals surface area contributed by atoms with Crippen molar-refractivity contribution < 1.29 is 13.5 Å². The summed E-state index contributed by atoms with van der Waals surface area (Å²) in [5.74, 6) is -0.375. The number of nitrogens with zero attached hydrogens (tertiary/aromatic N) is 2. The smallest absolute Gasteiger partial charge is 0.287 e. The number of hydrogen-bond acceptors (Lipinski definition) is 3. The summed E-state index contributed by atoms with van der Waals surface area (Å²) in [6.45, 7) is 0. The molecule has 1 rings (SSSR count). The van der Waals surface area contributed by atoms with E-state index in [0.717, 1.165) is 12.4 Å². The highest BCUT2D eigenvalue weighted by Gasteiger charge is 2.17. The zero-order valence-electron chi connectivity index (χ0n) is 8.75.